The molecule has 1 aromatic carbocycles. The van der Waals surface area contributed by atoms with Gasteiger partial charge in [-0.2, -0.15) is 13.2 Å². The lowest BCUT2D eigenvalue weighted by Gasteiger charge is -2.34. The molecule has 1 aliphatic rings. The van der Waals surface area contributed by atoms with Crippen LogP contribution >= 0.6 is 12.2 Å². The molecule has 1 heterocycles. The minimum Gasteiger partial charge on any atom is -0.376 e. The number of likely N-dealkylation sites (N-methyl/N-ethyl adjacent to an activating group) is 1. The van der Waals surface area contributed by atoms with Crippen LogP contribution in [0.25, 0.3) is 0 Å². The Morgan fingerprint density at radius 1 is 1.22 bits per heavy atom. The van der Waals surface area contributed by atoms with E-state index < -0.39 is 11.7 Å². The Kier molecular flexibility index (Phi) is 5.83. The number of benzene rings is 1. The first-order valence-corrected chi connectivity index (χ1v) is 7.91. The van der Waals surface area contributed by atoms with E-state index in [9.17, 15) is 13.2 Å². The molecule has 0 aromatic heterocycles. The molecule has 4 nitrogen and oxygen atoms in total. The van der Waals surface area contributed by atoms with Crippen LogP contribution in [0.2, 0.25) is 0 Å². The van der Waals surface area contributed by atoms with Gasteiger partial charge in [-0.05, 0) is 36.5 Å². The zero-order chi connectivity index (χ0) is 17.0. The number of alkyl halides is 3. The maximum absolute atomic E-state index is 13.3. The van der Waals surface area contributed by atoms with E-state index in [0.29, 0.717) is 6.54 Å². The molecule has 0 unspecified atom stereocenters. The van der Waals surface area contributed by atoms with Gasteiger partial charge in [0, 0.05) is 38.4 Å². The lowest BCUT2D eigenvalue weighted by atomic mass is 10.0. The summed E-state index contributed by atoms with van der Waals surface area (Å²) in [6.07, 6.45) is -4.41. The van der Waals surface area contributed by atoms with Crippen molar-refractivity contribution in [3.8, 4) is 0 Å². The number of anilines is 1. The van der Waals surface area contributed by atoms with E-state index in [1.807, 2.05) is 0 Å². The average molecular weight is 346 g/mol. The number of hydrogen-bond acceptors (Lipinski definition) is 3. The lowest BCUT2D eigenvalue weighted by molar-refractivity contribution is -0.138. The van der Waals surface area contributed by atoms with Crippen molar-refractivity contribution in [2.45, 2.75) is 19.6 Å². The van der Waals surface area contributed by atoms with Crippen molar-refractivity contribution in [3.05, 3.63) is 29.3 Å². The van der Waals surface area contributed by atoms with Gasteiger partial charge < -0.3 is 16.0 Å². The highest BCUT2D eigenvalue weighted by Gasteiger charge is 2.34. The molecule has 1 aliphatic heterocycles. The Morgan fingerprint density at radius 2 is 1.83 bits per heavy atom. The van der Waals surface area contributed by atoms with Gasteiger partial charge in [0.25, 0.3) is 0 Å². The Bertz CT molecular complexity index is 554. The second kappa shape index (κ2) is 7.46. The number of nitrogens with one attached hydrogen (secondary N) is 1. The lowest BCUT2D eigenvalue weighted by Crippen LogP contribution is -2.45. The smallest absolute Gasteiger partial charge is 0.376 e. The van der Waals surface area contributed by atoms with E-state index in [4.69, 9.17) is 5.73 Å². The van der Waals surface area contributed by atoms with Crippen molar-refractivity contribution in [3.63, 3.8) is 0 Å². The fourth-order valence-corrected chi connectivity index (χ4v) is 2.82. The molecular weight excluding hydrogens is 325 g/mol. The van der Waals surface area contributed by atoms with Crippen molar-refractivity contribution < 1.29 is 13.2 Å². The van der Waals surface area contributed by atoms with Crippen LogP contribution in [0.4, 0.5) is 18.9 Å². The largest absolute Gasteiger partial charge is 0.416 e. The van der Waals surface area contributed by atoms with Crippen LogP contribution in [0.1, 0.15) is 18.1 Å². The van der Waals surface area contributed by atoms with Gasteiger partial charge in [0.1, 0.15) is 0 Å². The molecule has 0 saturated carbocycles. The van der Waals surface area contributed by atoms with Crippen LogP contribution in [-0.2, 0) is 12.7 Å². The molecule has 23 heavy (non-hydrogen) atoms. The Morgan fingerprint density at radius 3 is 2.35 bits per heavy atom. The quantitative estimate of drug-likeness (QED) is 0.820. The molecule has 8 heteroatoms. The third kappa shape index (κ3) is 5.05. The number of halogens is 3. The van der Waals surface area contributed by atoms with Crippen LogP contribution in [-0.4, -0.2) is 47.6 Å². The fraction of sp³-hybridized carbons (Fsp3) is 0.533. The normalized spacial score (nSPS) is 17.2. The standard InChI is InChI=1S/C15H21F3N4S/c1-2-21-5-7-22(8-6-21)10-11-3-4-12(20-14(19)23)9-13(11)15(16,17)18/h3-4,9H,2,5-8,10H2,1H3,(H3,19,20,23). The average Bonchev–Trinajstić information content (AvgIpc) is 2.48. The summed E-state index contributed by atoms with van der Waals surface area (Å²) in [6.45, 7) is 6.68. The number of piperazine rings is 1. The molecule has 1 aromatic rings. The molecule has 3 N–H and O–H groups in total. The predicted molar refractivity (Wildman–Crippen MR) is 89.2 cm³/mol. The second-order valence-corrected chi connectivity index (χ2v) is 6.01. The zero-order valence-corrected chi connectivity index (χ0v) is 13.8. The number of rotatable bonds is 4. The highest BCUT2D eigenvalue weighted by molar-refractivity contribution is 7.80. The van der Waals surface area contributed by atoms with Crippen molar-refractivity contribution in [1.29, 1.82) is 0 Å². The first-order valence-electron chi connectivity index (χ1n) is 7.51. The topological polar surface area (TPSA) is 44.5 Å². The van der Waals surface area contributed by atoms with Crippen LogP contribution < -0.4 is 11.1 Å². The summed E-state index contributed by atoms with van der Waals surface area (Å²) in [5.74, 6) is 0. The molecule has 0 aliphatic carbocycles. The number of nitrogens with two attached hydrogens (primary N) is 1. The molecule has 1 saturated heterocycles. The molecule has 0 bridgehead atoms. The summed E-state index contributed by atoms with van der Waals surface area (Å²) in [7, 11) is 0. The number of nitrogens with zero attached hydrogens (tertiary/aromatic N) is 2. The Labute approximate surface area is 139 Å². The Hall–Kier alpha value is -1.38. The van der Waals surface area contributed by atoms with Gasteiger partial charge in [-0.15, -0.1) is 0 Å². The molecule has 2 rings (SSSR count). The molecule has 0 spiro atoms. The Balaban J connectivity index is 2.16. The number of thiocarbonyl (C=S) groups is 1. The van der Waals surface area contributed by atoms with Crippen molar-refractivity contribution in [2.24, 2.45) is 5.73 Å². The van der Waals surface area contributed by atoms with Gasteiger partial charge in [-0.25, -0.2) is 0 Å². The highest BCUT2D eigenvalue weighted by atomic mass is 32.1. The second-order valence-electron chi connectivity index (χ2n) is 5.57. The van der Waals surface area contributed by atoms with Crippen molar-refractivity contribution in [2.75, 3.05) is 38.0 Å². The van der Waals surface area contributed by atoms with Gasteiger partial charge in [0.2, 0.25) is 0 Å². The minimum atomic E-state index is -4.41. The van der Waals surface area contributed by atoms with Crippen molar-refractivity contribution in [1.82, 2.24) is 9.80 Å². The third-order valence-corrected chi connectivity index (χ3v) is 4.09. The number of hydrogen-bond donors (Lipinski definition) is 2. The maximum atomic E-state index is 13.3. The third-order valence-electron chi connectivity index (χ3n) is 3.99. The van der Waals surface area contributed by atoms with Crippen molar-refractivity contribution >= 4 is 23.0 Å². The van der Waals surface area contributed by atoms with Gasteiger partial charge in [-0.3, -0.25) is 4.90 Å². The van der Waals surface area contributed by atoms with Gasteiger partial charge in [-0.1, -0.05) is 13.0 Å². The SMILES string of the molecule is CCN1CCN(Cc2ccc(NC(N)=S)cc2C(F)(F)F)CC1. The minimum absolute atomic E-state index is 0.0541. The molecule has 0 radical (unpaired) electrons. The predicted octanol–water partition coefficient (Wildman–Crippen LogP) is 2.50. The van der Waals surface area contributed by atoms with Gasteiger partial charge >= 0.3 is 6.18 Å². The van der Waals surface area contributed by atoms with E-state index in [0.717, 1.165) is 38.8 Å². The molecule has 0 amide bonds. The first-order chi connectivity index (χ1) is 10.8. The van der Waals surface area contributed by atoms with Crippen LogP contribution in [0.3, 0.4) is 0 Å². The first kappa shape index (κ1) is 18.0. The summed E-state index contributed by atoms with van der Waals surface area (Å²) >= 11 is 4.67. The fourth-order valence-electron chi connectivity index (χ4n) is 2.70. The van der Waals surface area contributed by atoms with Crippen LogP contribution in [0.15, 0.2) is 18.2 Å². The summed E-state index contributed by atoms with van der Waals surface area (Å²) in [4.78, 5) is 4.34. The molecule has 1 fully saturated rings. The van der Waals surface area contributed by atoms with E-state index >= 15 is 0 Å². The summed E-state index contributed by atoms with van der Waals surface area (Å²) < 4.78 is 40.0. The summed E-state index contributed by atoms with van der Waals surface area (Å²) in [6, 6.07) is 4.14. The summed E-state index contributed by atoms with van der Waals surface area (Å²) in [5, 5.41) is 2.50. The molecular formula is C15H21F3N4S. The van der Waals surface area contributed by atoms with Crippen LogP contribution in [0.5, 0.6) is 0 Å². The van der Waals surface area contributed by atoms with Gasteiger partial charge in [0.15, 0.2) is 5.11 Å². The molecule has 128 valence electrons. The van der Waals surface area contributed by atoms with E-state index in [-0.39, 0.29) is 16.4 Å². The van der Waals surface area contributed by atoms with Crippen LogP contribution in [0, 0.1) is 0 Å². The summed E-state index contributed by atoms with van der Waals surface area (Å²) in [5.41, 5.74) is 5.21. The highest BCUT2D eigenvalue weighted by Crippen LogP contribution is 2.34. The van der Waals surface area contributed by atoms with E-state index in [1.54, 1.807) is 6.07 Å². The van der Waals surface area contributed by atoms with E-state index in [1.165, 1.54) is 6.07 Å². The zero-order valence-electron chi connectivity index (χ0n) is 13.0. The van der Waals surface area contributed by atoms with E-state index in [2.05, 4.69) is 34.3 Å². The maximum Gasteiger partial charge on any atom is 0.416 e. The molecule has 0 atom stereocenters. The monoisotopic (exact) mass is 346 g/mol. The van der Waals surface area contributed by atoms with Gasteiger partial charge in [0.05, 0.1) is 5.56 Å².